The number of carboxylic acid groups (broad SMARTS) is 3. The van der Waals surface area contributed by atoms with Gasteiger partial charge in [0.2, 0.25) is 35.4 Å². The zero-order valence-electron chi connectivity index (χ0n) is 31.6. The minimum Gasteiger partial charge on any atom is -0.481 e. The van der Waals surface area contributed by atoms with E-state index in [9.17, 15) is 58.5 Å². The molecule has 0 aliphatic heterocycles. The van der Waals surface area contributed by atoms with E-state index in [1.54, 1.807) is 27.7 Å². The SMILES string of the molecule is CC[C@@H](C)[C@H](NC(=O)[C@H](CC(C)C)NC(=O)[C@H](CCC(=O)O)NC(=O)[C@H](CC(=O)O)NC(C)=O)C(=O)N[C@@H](CC1CCCCC1)C(=O)N[C@@H](CS)C(=O)O. The van der Waals surface area contributed by atoms with Gasteiger partial charge in [-0.1, -0.05) is 66.2 Å². The lowest BCUT2D eigenvalue weighted by Gasteiger charge is -2.31. The first-order chi connectivity index (χ1) is 25.3. The van der Waals surface area contributed by atoms with Crippen molar-refractivity contribution in [3.05, 3.63) is 0 Å². The molecule has 0 saturated heterocycles. The number of aliphatic carboxylic acids is 3. The number of carbonyl (C=O) groups excluding carboxylic acids is 6. The minimum absolute atomic E-state index is 0.0482. The summed E-state index contributed by atoms with van der Waals surface area (Å²) in [6.07, 6.45) is 3.47. The van der Waals surface area contributed by atoms with Crippen LogP contribution in [0, 0.1) is 17.8 Å². The fraction of sp³-hybridized carbons (Fsp3) is 0.743. The molecule has 0 aromatic heterocycles. The van der Waals surface area contributed by atoms with E-state index in [1.165, 1.54) is 0 Å². The van der Waals surface area contributed by atoms with Crippen molar-refractivity contribution in [2.45, 2.75) is 141 Å². The van der Waals surface area contributed by atoms with E-state index in [1.807, 2.05) is 0 Å². The molecule has 0 bridgehead atoms. The Labute approximate surface area is 320 Å². The molecular weight excluding hydrogens is 728 g/mol. The summed E-state index contributed by atoms with van der Waals surface area (Å²) in [6, 6.07) is -8.04. The summed E-state index contributed by atoms with van der Waals surface area (Å²) in [7, 11) is 0. The van der Waals surface area contributed by atoms with Gasteiger partial charge in [0.15, 0.2) is 0 Å². The predicted octanol–water partition coefficient (Wildman–Crippen LogP) is 0.332. The van der Waals surface area contributed by atoms with Crippen LogP contribution < -0.4 is 31.9 Å². The van der Waals surface area contributed by atoms with Crippen molar-refractivity contribution in [1.29, 1.82) is 0 Å². The Morgan fingerprint density at radius 3 is 1.67 bits per heavy atom. The normalized spacial score (nSPS) is 16.9. The number of amides is 6. The Balaban J connectivity index is 3.34. The molecule has 0 unspecified atom stereocenters. The van der Waals surface area contributed by atoms with Gasteiger partial charge in [0, 0.05) is 19.1 Å². The van der Waals surface area contributed by atoms with Crippen LogP contribution in [-0.2, 0) is 43.2 Å². The van der Waals surface area contributed by atoms with Crippen molar-refractivity contribution in [2.24, 2.45) is 17.8 Å². The second-order valence-electron chi connectivity index (χ2n) is 14.3. The predicted molar refractivity (Wildman–Crippen MR) is 198 cm³/mol. The van der Waals surface area contributed by atoms with Gasteiger partial charge in [-0.2, -0.15) is 12.6 Å². The van der Waals surface area contributed by atoms with E-state index in [-0.39, 0.29) is 30.4 Å². The molecule has 6 amide bonds. The molecule has 0 heterocycles. The van der Waals surface area contributed by atoms with Crippen LogP contribution in [0.25, 0.3) is 0 Å². The van der Waals surface area contributed by atoms with Gasteiger partial charge in [-0.05, 0) is 37.0 Å². The van der Waals surface area contributed by atoms with Crippen LogP contribution in [0.2, 0.25) is 0 Å². The molecule has 306 valence electrons. The van der Waals surface area contributed by atoms with Crippen LogP contribution in [0.3, 0.4) is 0 Å². The molecule has 0 spiro atoms. The first-order valence-corrected chi connectivity index (χ1v) is 19.0. The Hall–Kier alpha value is -4.42. The molecule has 0 aromatic rings. The maximum absolute atomic E-state index is 13.9. The monoisotopic (exact) mass is 786 g/mol. The molecule has 18 nitrogen and oxygen atoms in total. The van der Waals surface area contributed by atoms with Crippen molar-refractivity contribution in [3.8, 4) is 0 Å². The third kappa shape index (κ3) is 17.6. The zero-order valence-corrected chi connectivity index (χ0v) is 32.5. The topological polar surface area (TPSA) is 286 Å². The van der Waals surface area contributed by atoms with E-state index in [0.717, 1.165) is 39.0 Å². The number of rotatable bonds is 24. The highest BCUT2D eigenvalue weighted by molar-refractivity contribution is 7.80. The van der Waals surface area contributed by atoms with Crippen molar-refractivity contribution < 1.29 is 58.5 Å². The molecule has 54 heavy (non-hydrogen) atoms. The lowest BCUT2D eigenvalue weighted by molar-refractivity contribution is -0.142. The highest BCUT2D eigenvalue weighted by atomic mass is 32.1. The van der Waals surface area contributed by atoms with Gasteiger partial charge in [0.1, 0.15) is 36.3 Å². The Kier molecular flexibility index (Phi) is 21.2. The molecular formula is C35H58N6O12S. The average Bonchev–Trinajstić information content (AvgIpc) is 3.09. The van der Waals surface area contributed by atoms with Crippen LogP contribution in [0.15, 0.2) is 0 Å². The van der Waals surface area contributed by atoms with Crippen LogP contribution in [-0.4, -0.2) is 111 Å². The molecule has 7 atom stereocenters. The van der Waals surface area contributed by atoms with Crippen molar-refractivity contribution in [2.75, 3.05) is 5.75 Å². The summed E-state index contributed by atoms with van der Waals surface area (Å²) in [4.78, 5) is 114. The second-order valence-corrected chi connectivity index (χ2v) is 14.7. The Bertz CT molecular complexity index is 1330. The number of thiol groups is 1. The zero-order chi connectivity index (χ0) is 41.1. The van der Waals surface area contributed by atoms with Gasteiger partial charge < -0.3 is 47.2 Å². The van der Waals surface area contributed by atoms with Gasteiger partial charge in [0.25, 0.3) is 0 Å². The third-order valence-electron chi connectivity index (χ3n) is 9.21. The van der Waals surface area contributed by atoms with Gasteiger partial charge in [-0.3, -0.25) is 38.4 Å². The van der Waals surface area contributed by atoms with E-state index in [4.69, 9.17) is 0 Å². The van der Waals surface area contributed by atoms with Crippen LogP contribution >= 0.6 is 12.6 Å². The molecule has 9 N–H and O–H groups in total. The third-order valence-corrected chi connectivity index (χ3v) is 9.57. The van der Waals surface area contributed by atoms with Gasteiger partial charge in [-0.15, -0.1) is 0 Å². The summed E-state index contributed by atoms with van der Waals surface area (Å²) in [5.74, 6) is -9.70. The molecule has 1 aliphatic rings. The summed E-state index contributed by atoms with van der Waals surface area (Å²) in [5, 5.41) is 42.8. The van der Waals surface area contributed by atoms with E-state index in [0.29, 0.717) is 6.42 Å². The van der Waals surface area contributed by atoms with Crippen LogP contribution in [0.4, 0.5) is 0 Å². The Morgan fingerprint density at radius 2 is 1.17 bits per heavy atom. The summed E-state index contributed by atoms with van der Waals surface area (Å²) in [6.45, 7) is 8.08. The minimum atomic E-state index is -1.58. The fourth-order valence-corrected chi connectivity index (χ4v) is 6.32. The maximum atomic E-state index is 13.9. The number of hydrogen-bond acceptors (Lipinski definition) is 10. The maximum Gasteiger partial charge on any atom is 0.327 e. The first-order valence-electron chi connectivity index (χ1n) is 18.4. The van der Waals surface area contributed by atoms with Crippen molar-refractivity contribution in [3.63, 3.8) is 0 Å². The van der Waals surface area contributed by atoms with Gasteiger partial charge in [0.05, 0.1) is 6.42 Å². The summed E-state index contributed by atoms with van der Waals surface area (Å²) >= 11 is 4.01. The number of nitrogens with one attached hydrogen (secondary N) is 6. The molecule has 1 saturated carbocycles. The number of carbonyl (C=O) groups is 9. The molecule has 1 fully saturated rings. The standard InChI is InChI=1S/C35H58N6O12S/c1-6-19(4)29(34(51)39-24(15-21-10-8-7-9-11-21)31(48)40-26(17-54)35(52)53)41-33(50)23(14-18(2)3)38-30(47)22(12-13-27(43)44)37-32(49)25(16-28(45)46)36-20(5)42/h18-19,21-26,29,54H,6-17H2,1-5H3,(H,36,42)(H,37,49)(H,38,47)(H,39,51)(H,40,48)(H,41,50)(H,43,44)(H,45,46)(H,52,53)/t19-,22+,23+,24+,25+,26+,29+/m1/s1. The van der Waals surface area contributed by atoms with E-state index >= 15 is 0 Å². The van der Waals surface area contributed by atoms with Gasteiger partial charge in [-0.25, -0.2) is 4.79 Å². The van der Waals surface area contributed by atoms with Crippen LogP contribution in [0.5, 0.6) is 0 Å². The number of hydrogen-bond donors (Lipinski definition) is 10. The Morgan fingerprint density at radius 1 is 0.648 bits per heavy atom. The highest BCUT2D eigenvalue weighted by Gasteiger charge is 2.36. The quantitative estimate of drug-likeness (QED) is 0.0593. The molecule has 0 aromatic carbocycles. The molecule has 1 rings (SSSR count). The lowest BCUT2D eigenvalue weighted by atomic mass is 9.84. The van der Waals surface area contributed by atoms with Crippen LogP contribution in [0.1, 0.15) is 105 Å². The highest BCUT2D eigenvalue weighted by Crippen LogP contribution is 2.27. The molecule has 0 radical (unpaired) electrons. The van der Waals surface area contributed by atoms with Gasteiger partial charge >= 0.3 is 17.9 Å². The molecule has 1 aliphatic carbocycles. The first kappa shape index (κ1) is 47.6. The molecule has 19 heteroatoms. The largest absolute Gasteiger partial charge is 0.481 e. The summed E-state index contributed by atoms with van der Waals surface area (Å²) < 4.78 is 0. The second kappa shape index (κ2) is 24.1. The number of carboxylic acids is 3. The van der Waals surface area contributed by atoms with E-state index in [2.05, 4.69) is 44.5 Å². The van der Waals surface area contributed by atoms with Crippen molar-refractivity contribution in [1.82, 2.24) is 31.9 Å². The van der Waals surface area contributed by atoms with E-state index < -0.39 is 115 Å². The smallest absolute Gasteiger partial charge is 0.327 e. The summed E-state index contributed by atoms with van der Waals surface area (Å²) in [5.41, 5.74) is 0. The average molecular weight is 787 g/mol. The lowest BCUT2D eigenvalue weighted by Crippen LogP contribution is -2.61. The van der Waals surface area contributed by atoms with Crippen molar-refractivity contribution >= 4 is 66.0 Å². The fourth-order valence-electron chi connectivity index (χ4n) is 6.08.